The van der Waals surface area contributed by atoms with Crippen molar-refractivity contribution in [2.75, 3.05) is 10.6 Å². The number of aromatic nitrogens is 2. The summed E-state index contributed by atoms with van der Waals surface area (Å²) in [7, 11) is 0. The quantitative estimate of drug-likeness (QED) is 0.637. The average Bonchev–Trinajstić information content (AvgIpc) is 2.57. The van der Waals surface area contributed by atoms with Gasteiger partial charge in [-0.2, -0.15) is 4.98 Å². The number of nitrogens with zero attached hydrogens (tertiary/aromatic N) is 2. The van der Waals surface area contributed by atoms with E-state index in [0.29, 0.717) is 11.8 Å². The van der Waals surface area contributed by atoms with Gasteiger partial charge in [0.25, 0.3) is 5.91 Å². The number of carbonyl (C=O) groups excluding carboxylic acids is 1. The van der Waals surface area contributed by atoms with Crippen LogP contribution in [0, 0.1) is 6.92 Å². The maximum Gasteiger partial charge on any atom is 0.254 e. The van der Waals surface area contributed by atoms with Gasteiger partial charge in [0.15, 0.2) is 0 Å². The fraction of sp³-hybridized carbons (Fsp3) is 0.389. The van der Waals surface area contributed by atoms with Crippen LogP contribution in [0.15, 0.2) is 30.5 Å². The molecule has 6 N–H and O–H groups in total. The number of primary amides is 1. The van der Waals surface area contributed by atoms with Gasteiger partial charge >= 0.3 is 0 Å². The molecule has 1 amide bonds. The van der Waals surface area contributed by atoms with Gasteiger partial charge in [-0.25, -0.2) is 4.98 Å². The maximum atomic E-state index is 11.7. The van der Waals surface area contributed by atoms with Crippen molar-refractivity contribution >= 4 is 35.8 Å². The van der Waals surface area contributed by atoms with Gasteiger partial charge in [-0.3, -0.25) is 4.79 Å². The van der Waals surface area contributed by atoms with E-state index in [9.17, 15) is 4.79 Å². The number of carbonyl (C=O) groups is 1. The Hall–Kier alpha value is -2.38. The van der Waals surface area contributed by atoms with Gasteiger partial charge in [-0.05, 0) is 37.5 Å². The lowest BCUT2D eigenvalue weighted by Gasteiger charge is -2.29. The van der Waals surface area contributed by atoms with Crippen LogP contribution in [0.25, 0.3) is 0 Å². The number of nitrogens with one attached hydrogen (secondary N) is 2. The average molecular weight is 377 g/mol. The van der Waals surface area contributed by atoms with Crippen LogP contribution < -0.4 is 22.1 Å². The predicted molar refractivity (Wildman–Crippen MR) is 106 cm³/mol. The molecule has 1 aliphatic carbocycles. The summed E-state index contributed by atoms with van der Waals surface area (Å²) in [5.41, 5.74) is 13.8. The highest BCUT2D eigenvalue weighted by atomic mass is 35.5. The number of amides is 1. The van der Waals surface area contributed by atoms with Crippen molar-refractivity contribution < 1.29 is 4.79 Å². The van der Waals surface area contributed by atoms with Crippen molar-refractivity contribution in [3.8, 4) is 0 Å². The zero-order chi connectivity index (χ0) is 17.8. The molecule has 7 nitrogen and oxygen atoms in total. The molecule has 26 heavy (non-hydrogen) atoms. The lowest BCUT2D eigenvalue weighted by molar-refractivity contribution is 0.100. The van der Waals surface area contributed by atoms with Gasteiger partial charge in [0.05, 0.1) is 0 Å². The fourth-order valence-corrected chi connectivity index (χ4v) is 3.09. The van der Waals surface area contributed by atoms with Gasteiger partial charge in [0.2, 0.25) is 5.95 Å². The summed E-state index contributed by atoms with van der Waals surface area (Å²) >= 11 is 0. The molecule has 1 aromatic heterocycles. The van der Waals surface area contributed by atoms with E-state index in [1.54, 1.807) is 0 Å². The van der Waals surface area contributed by atoms with Crippen LogP contribution in [0.1, 0.15) is 41.6 Å². The highest BCUT2D eigenvalue weighted by Crippen LogP contribution is 2.23. The SMILES string of the molecule is Cc1cccc(Nc2nc(NC3CCCCC3N)ncc2C(N)=O)c1.Cl. The first-order valence-corrected chi connectivity index (χ1v) is 8.55. The molecule has 2 aromatic rings. The van der Waals surface area contributed by atoms with Crippen molar-refractivity contribution in [3.63, 3.8) is 0 Å². The minimum Gasteiger partial charge on any atom is -0.365 e. The molecule has 1 aromatic carbocycles. The largest absolute Gasteiger partial charge is 0.365 e. The second-order valence-electron chi connectivity index (χ2n) is 6.51. The molecule has 140 valence electrons. The van der Waals surface area contributed by atoms with Gasteiger partial charge in [-0.1, -0.05) is 25.0 Å². The molecule has 0 bridgehead atoms. The molecule has 0 aliphatic heterocycles. The Balaban J connectivity index is 0.00000243. The molecule has 1 heterocycles. The highest BCUT2D eigenvalue weighted by molar-refractivity contribution is 5.98. The molecule has 0 saturated heterocycles. The van der Waals surface area contributed by atoms with Gasteiger partial charge in [-0.15, -0.1) is 12.4 Å². The molecular formula is C18H25ClN6O. The van der Waals surface area contributed by atoms with E-state index in [-0.39, 0.29) is 30.1 Å². The monoisotopic (exact) mass is 376 g/mol. The molecule has 8 heteroatoms. The molecular weight excluding hydrogens is 352 g/mol. The van der Waals surface area contributed by atoms with E-state index in [2.05, 4.69) is 20.6 Å². The van der Waals surface area contributed by atoms with Crippen LogP contribution in [-0.4, -0.2) is 28.0 Å². The van der Waals surface area contributed by atoms with Crippen LogP contribution in [0.5, 0.6) is 0 Å². The zero-order valence-electron chi connectivity index (χ0n) is 14.7. The first kappa shape index (κ1) is 19.9. The Bertz CT molecular complexity index is 769. The van der Waals surface area contributed by atoms with Crippen LogP contribution in [0.3, 0.4) is 0 Å². The number of hydrogen-bond donors (Lipinski definition) is 4. The molecule has 0 radical (unpaired) electrons. The lowest BCUT2D eigenvalue weighted by atomic mass is 9.91. The summed E-state index contributed by atoms with van der Waals surface area (Å²) in [6.45, 7) is 2.00. The Morgan fingerprint density at radius 3 is 2.73 bits per heavy atom. The summed E-state index contributed by atoms with van der Waals surface area (Å²) in [6, 6.07) is 8.03. The molecule has 2 unspecified atom stereocenters. The lowest BCUT2D eigenvalue weighted by Crippen LogP contribution is -2.43. The number of aryl methyl sites for hydroxylation is 1. The summed E-state index contributed by atoms with van der Waals surface area (Å²) in [5, 5.41) is 6.46. The van der Waals surface area contributed by atoms with Crippen LogP contribution in [-0.2, 0) is 0 Å². The Kier molecular flexibility index (Phi) is 6.76. The van der Waals surface area contributed by atoms with Crippen LogP contribution in [0.2, 0.25) is 0 Å². The van der Waals surface area contributed by atoms with E-state index >= 15 is 0 Å². The third kappa shape index (κ3) is 4.83. The van der Waals surface area contributed by atoms with E-state index in [1.807, 2.05) is 31.2 Å². The number of rotatable bonds is 5. The van der Waals surface area contributed by atoms with Crippen molar-refractivity contribution in [3.05, 3.63) is 41.6 Å². The number of halogens is 1. The zero-order valence-corrected chi connectivity index (χ0v) is 15.6. The minimum atomic E-state index is -0.573. The third-order valence-electron chi connectivity index (χ3n) is 4.47. The highest BCUT2D eigenvalue weighted by Gasteiger charge is 2.23. The molecule has 1 saturated carbocycles. The van der Waals surface area contributed by atoms with Gasteiger partial charge in [0, 0.05) is 24.0 Å². The van der Waals surface area contributed by atoms with Gasteiger partial charge < -0.3 is 22.1 Å². The van der Waals surface area contributed by atoms with E-state index in [4.69, 9.17) is 11.5 Å². The number of hydrogen-bond acceptors (Lipinski definition) is 6. The Labute approximate surface area is 159 Å². The van der Waals surface area contributed by atoms with Crippen molar-refractivity contribution in [2.45, 2.75) is 44.7 Å². The second-order valence-corrected chi connectivity index (χ2v) is 6.51. The molecule has 0 spiro atoms. The summed E-state index contributed by atoms with van der Waals surface area (Å²) in [4.78, 5) is 20.4. The molecule has 1 aliphatic rings. The van der Waals surface area contributed by atoms with E-state index < -0.39 is 5.91 Å². The van der Waals surface area contributed by atoms with Gasteiger partial charge in [0.1, 0.15) is 11.4 Å². The maximum absolute atomic E-state index is 11.7. The van der Waals surface area contributed by atoms with Crippen molar-refractivity contribution in [1.82, 2.24) is 9.97 Å². The number of benzene rings is 1. The molecule has 1 fully saturated rings. The number of nitrogens with two attached hydrogens (primary N) is 2. The first-order valence-electron chi connectivity index (χ1n) is 8.55. The third-order valence-corrected chi connectivity index (χ3v) is 4.47. The predicted octanol–water partition coefficient (Wildman–Crippen LogP) is 2.73. The Morgan fingerprint density at radius 1 is 1.27 bits per heavy atom. The minimum absolute atomic E-state index is 0. The van der Waals surface area contributed by atoms with Crippen LogP contribution in [0.4, 0.5) is 17.5 Å². The second kappa shape index (κ2) is 8.82. The van der Waals surface area contributed by atoms with E-state index in [0.717, 1.165) is 36.9 Å². The summed E-state index contributed by atoms with van der Waals surface area (Å²) in [6.07, 6.45) is 5.72. The topological polar surface area (TPSA) is 119 Å². The molecule has 3 rings (SSSR count). The summed E-state index contributed by atoms with van der Waals surface area (Å²) < 4.78 is 0. The fourth-order valence-electron chi connectivity index (χ4n) is 3.09. The summed E-state index contributed by atoms with van der Waals surface area (Å²) in [5.74, 6) is 0.263. The number of anilines is 3. The standard InChI is InChI=1S/C18H24N6O.ClH/c1-11-5-4-6-12(9-11)22-17-13(16(20)25)10-21-18(24-17)23-15-8-3-2-7-14(15)19;/h4-6,9-10,14-15H,2-3,7-8,19H2,1H3,(H2,20,25)(H2,21,22,23,24);1H. The molecule has 2 atom stereocenters. The smallest absolute Gasteiger partial charge is 0.254 e. The van der Waals surface area contributed by atoms with E-state index in [1.165, 1.54) is 6.20 Å². The van der Waals surface area contributed by atoms with Crippen molar-refractivity contribution in [2.24, 2.45) is 11.5 Å². The first-order chi connectivity index (χ1) is 12.0. The van der Waals surface area contributed by atoms with Crippen molar-refractivity contribution in [1.29, 1.82) is 0 Å². The van der Waals surface area contributed by atoms with Crippen LogP contribution >= 0.6 is 12.4 Å². The Morgan fingerprint density at radius 2 is 2.04 bits per heavy atom. The normalized spacial score (nSPS) is 19.3.